The number of amides is 1. The molecule has 0 atom stereocenters. The summed E-state index contributed by atoms with van der Waals surface area (Å²) < 4.78 is 5.52. The Bertz CT molecular complexity index is 230. The molecule has 0 bridgehead atoms. The van der Waals surface area contributed by atoms with Gasteiger partial charge in [0.25, 0.3) is 0 Å². The second kappa shape index (κ2) is 6.60. The van der Waals surface area contributed by atoms with Gasteiger partial charge in [0, 0.05) is 6.54 Å². The molecule has 0 saturated heterocycles. The Kier molecular flexibility index (Phi) is 6.21. The number of ketones is 1. The Hall–Kier alpha value is -0.940. The van der Waals surface area contributed by atoms with E-state index >= 15 is 0 Å². The summed E-state index contributed by atoms with van der Waals surface area (Å²) in [5.74, 6) is -0.422. The van der Waals surface area contributed by atoms with Crippen LogP contribution in [0.25, 0.3) is 0 Å². The normalized spacial score (nSPS) is 11.8. The van der Waals surface area contributed by atoms with E-state index in [-0.39, 0.29) is 24.5 Å². The van der Waals surface area contributed by atoms with Crippen LogP contribution in [0.5, 0.6) is 0 Å². The molecular formula is C11H22N2O3. The van der Waals surface area contributed by atoms with Gasteiger partial charge in [0.15, 0.2) is 0 Å². The molecule has 5 nitrogen and oxygen atoms in total. The van der Waals surface area contributed by atoms with Gasteiger partial charge in [-0.25, -0.2) is 0 Å². The van der Waals surface area contributed by atoms with Crippen LogP contribution in [0.1, 0.15) is 27.7 Å². The van der Waals surface area contributed by atoms with Crippen LogP contribution in [0.3, 0.4) is 0 Å². The highest BCUT2D eigenvalue weighted by molar-refractivity contribution is 5.80. The Morgan fingerprint density at radius 3 is 2.19 bits per heavy atom. The predicted octanol–water partition coefficient (Wildman–Crippen LogP) is 0.178. The molecule has 1 amide bonds. The van der Waals surface area contributed by atoms with Crippen LogP contribution >= 0.6 is 0 Å². The van der Waals surface area contributed by atoms with Crippen LogP contribution in [-0.2, 0) is 14.3 Å². The van der Waals surface area contributed by atoms with E-state index in [2.05, 4.69) is 0 Å². The van der Waals surface area contributed by atoms with E-state index in [1.807, 2.05) is 20.8 Å². The molecule has 16 heavy (non-hydrogen) atoms. The van der Waals surface area contributed by atoms with Crippen LogP contribution in [0, 0.1) is 0 Å². The number of nitrogens with two attached hydrogens (primary N) is 1. The first kappa shape index (κ1) is 15.1. The van der Waals surface area contributed by atoms with Crippen LogP contribution in [0.4, 0.5) is 0 Å². The lowest BCUT2D eigenvalue weighted by atomic mass is 10.2. The second-order valence-corrected chi connectivity index (χ2v) is 4.84. The third-order valence-electron chi connectivity index (χ3n) is 1.77. The zero-order chi connectivity index (χ0) is 12.8. The standard InChI is InChI=1S/C11H22N2O3/c1-9(14)7-13(8-10(12)15)5-6-16-11(2,3)4/h5-8H2,1-4H3,(H2,12,15). The van der Waals surface area contributed by atoms with Crippen molar-refractivity contribution in [1.29, 1.82) is 0 Å². The summed E-state index contributed by atoms with van der Waals surface area (Å²) in [6.45, 7) is 8.68. The summed E-state index contributed by atoms with van der Waals surface area (Å²) >= 11 is 0. The molecule has 0 aliphatic heterocycles. The van der Waals surface area contributed by atoms with Crippen molar-refractivity contribution in [2.45, 2.75) is 33.3 Å². The van der Waals surface area contributed by atoms with E-state index in [4.69, 9.17) is 10.5 Å². The molecule has 5 heteroatoms. The van der Waals surface area contributed by atoms with Crippen molar-refractivity contribution < 1.29 is 14.3 Å². The lowest BCUT2D eigenvalue weighted by molar-refractivity contribution is -0.121. The van der Waals surface area contributed by atoms with Crippen molar-refractivity contribution in [2.75, 3.05) is 26.2 Å². The number of Topliss-reactive ketones (excluding diaryl/α,β-unsaturated/α-hetero) is 1. The summed E-state index contributed by atoms with van der Waals surface area (Å²) in [5, 5.41) is 0. The van der Waals surface area contributed by atoms with Gasteiger partial charge in [-0.2, -0.15) is 0 Å². The third kappa shape index (κ3) is 9.61. The monoisotopic (exact) mass is 230 g/mol. The Balaban J connectivity index is 4.01. The number of hydrogen-bond acceptors (Lipinski definition) is 4. The van der Waals surface area contributed by atoms with E-state index < -0.39 is 5.91 Å². The van der Waals surface area contributed by atoms with E-state index in [1.54, 1.807) is 4.90 Å². The second-order valence-electron chi connectivity index (χ2n) is 4.84. The van der Waals surface area contributed by atoms with Gasteiger partial charge >= 0.3 is 0 Å². The largest absolute Gasteiger partial charge is 0.375 e. The predicted molar refractivity (Wildman–Crippen MR) is 62.0 cm³/mol. The summed E-state index contributed by atoms with van der Waals surface area (Å²) in [7, 11) is 0. The lowest BCUT2D eigenvalue weighted by Gasteiger charge is -2.23. The number of carbonyl (C=O) groups is 2. The number of ether oxygens (including phenoxy) is 1. The molecule has 0 aliphatic carbocycles. The average molecular weight is 230 g/mol. The first-order valence-corrected chi connectivity index (χ1v) is 5.35. The van der Waals surface area contributed by atoms with Crippen molar-refractivity contribution in [2.24, 2.45) is 5.73 Å². The minimum Gasteiger partial charge on any atom is -0.375 e. The molecule has 0 rings (SSSR count). The van der Waals surface area contributed by atoms with Crippen molar-refractivity contribution in [3.63, 3.8) is 0 Å². The van der Waals surface area contributed by atoms with Crippen molar-refractivity contribution in [1.82, 2.24) is 4.90 Å². The molecule has 2 N–H and O–H groups in total. The highest BCUT2D eigenvalue weighted by atomic mass is 16.5. The molecule has 0 aliphatic rings. The van der Waals surface area contributed by atoms with Crippen LogP contribution in [0.2, 0.25) is 0 Å². The van der Waals surface area contributed by atoms with Crippen molar-refractivity contribution in [3.8, 4) is 0 Å². The Morgan fingerprint density at radius 2 is 1.81 bits per heavy atom. The summed E-state index contributed by atoms with van der Waals surface area (Å²) in [6, 6.07) is 0. The van der Waals surface area contributed by atoms with E-state index in [1.165, 1.54) is 6.92 Å². The SMILES string of the molecule is CC(=O)CN(CCOC(C)(C)C)CC(N)=O. The average Bonchev–Trinajstić information content (AvgIpc) is 1.98. The van der Waals surface area contributed by atoms with Gasteiger partial charge in [-0.05, 0) is 27.7 Å². The molecular weight excluding hydrogens is 208 g/mol. The number of rotatable bonds is 7. The minimum atomic E-state index is -0.433. The van der Waals surface area contributed by atoms with E-state index in [0.717, 1.165) is 0 Å². The topological polar surface area (TPSA) is 72.6 Å². The number of hydrogen-bond donors (Lipinski definition) is 1. The van der Waals surface area contributed by atoms with Gasteiger partial charge < -0.3 is 10.5 Å². The molecule has 0 heterocycles. The fourth-order valence-corrected chi connectivity index (χ4v) is 1.23. The minimum absolute atomic E-state index is 0.0111. The van der Waals surface area contributed by atoms with Gasteiger partial charge in [-0.3, -0.25) is 14.5 Å². The molecule has 0 saturated carbocycles. The Morgan fingerprint density at radius 1 is 1.25 bits per heavy atom. The Labute approximate surface area is 96.9 Å². The van der Waals surface area contributed by atoms with Crippen LogP contribution < -0.4 is 5.73 Å². The first-order valence-electron chi connectivity index (χ1n) is 5.35. The molecule has 0 fully saturated rings. The molecule has 0 spiro atoms. The maximum absolute atomic E-state index is 11.0. The zero-order valence-electron chi connectivity index (χ0n) is 10.6. The van der Waals surface area contributed by atoms with E-state index in [0.29, 0.717) is 13.2 Å². The summed E-state index contributed by atoms with van der Waals surface area (Å²) in [6.07, 6.45) is 0. The number of primary amides is 1. The number of nitrogens with zero attached hydrogens (tertiary/aromatic N) is 1. The molecule has 0 aromatic heterocycles. The van der Waals surface area contributed by atoms with Gasteiger partial charge in [0.1, 0.15) is 5.78 Å². The number of carbonyl (C=O) groups excluding carboxylic acids is 2. The molecule has 0 radical (unpaired) electrons. The zero-order valence-corrected chi connectivity index (χ0v) is 10.6. The summed E-state index contributed by atoms with van der Waals surface area (Å²) in [5.41, 5.74) is 4.88. The molecule has 0 aromatic rings. The fraction of sp³-hybridized carbons (Fsp3) is 0.818. The van der Waals surface area contributed by atoms with Gasteiger partial charge in [0.2, 0.25) is 5.91 Å². The van der Waals surface area contributed by atoms with Gasteiger partial charge in [-0.1, -0.05) is 0 Å². The maximum Gasteiger partial charge on any atom is 0.231 e. The lowest BCUT2D eigenvalue weighted by Crippen LogP contribution is -2.39. The molecule has 0 aromatic carbocycles. The highest BCUT2D eigenvalue weighted by Gasteiger charge is 2.13. The van der Waals surface area contributed by atoms with Crippen molar-refractivity contribution >= 4 is 11.7 Å². The first-order chi connectivity index (χ1) is 7.20. The smallest absolute Gasteiger partial charge is 0.231 e. The van der Waals surface area contributed by atoms with Crippen LogP contribution in [0.15, 0.2) is 0 Å². The molecule has 94 valence electrons. The third-order valence-corrected chi connectivity index (χ3v) is 1.77. The highest BCUT2D eigenvalue weighted by Crippen LogP contribution is 2.06. The summed E-state index contributed by atoms with van der Waals surface area (Å²) in [4.78, 5) is 23.4. The van der Waals surface area contributed by atoms with Gasteiger partial charge in [0.05, 0.1) is 25.3 Å². The maximum atomic E-state index is 11.0. The quantitative estimate of drug-likeness (QED) is 0.677. The fourth-order valence-electron chi connectivity index (χ4n) is 1.23. The van der Waals surface area contributed by atoms with Crippen LogP contribution in [-0.4, -0.2) is 48.4 Å². The van der Waals surface area contributed by atoms with Crippen molar-refractivity contribution in [3.05, 3.63) is 0 Å². The molecule has 0 unspecified atom stereocenters. The van der Waals surface area contributed by atoms with Gasteiger partial charge in [-0.15, -0.1) is 0 Å². The van der Waals surface area contributed by atoms with E-state index in [9.17, 15) is 9.59 Å².